The lowest BCUT2D eigenvalue weighted by Gasteiger charge is -2.12. The van der Waals surface area contributed by atoms with Crippen molar-refractivity contribution in [2.24, 2.45) is 0 Å². The highest BCUT2D eigenvalue weighted by molar-refractivity contribution is 7.99. The molecule has 0 fully saturated rings. The molecule has 0 saturated heterocycles. The van der Waals surface area contributed by atoms with Gasteiger partial charge in [-0.15, -0.1) is 10.2 Å². The molecule has 1 aromatic heterocycles. The van der Waals surface area contributed by atoms with Gasteiger partial charge in [-0.05, 0) is 49.7 Å². The van der Waals surface area contributed by atoms with Gasteiger partial charge in [0, 0.05) is 12.2 Å². The number of aromatic nitrogens is 3. The Kier molecular flexibility index (Phi) is 7.75. The highest BCUT2D eigenvalue weighted by Gasteiger charge is 2.15. The number of aryl methyl sites for hydroxylation is 1. The van der Waals surface area contributed by atoms with Gasteiger partial charge in [0.2, 0.25) is 5.91 Å². The van der Waals surface area contributed by atoms with Crippen molar-refractivity contribution in [1.29, 1.82) is 0 Å². The molecule has 0 radical (unpaired) electrons. The molecule has 0 aliphatic heterocycles. The fourth-order valence-corrected chi connectivity index (χ4v) is 3.79. The molecule has 0 spiro atoms. The number of halogens is 2. The van der Waals surface area contributed by atoms with Gasteiger partial charge in [-0.2, -0.15) is 0 Å². The summed E-state index contributed by atoms with van der Waals surface area (Å²) in [5.74, 6) is 1.21. The van der Waals surface area contributed by atoms with E-state index in [1.165, 1.54) is 30.0 Å². The number of rotatable bonds is 9. The molecular weight excluding hydrogens is 443 g/mol. The molecule has 0 unspecified atom stereocenters. The van der Waals surface area contributed by atoms with E-state index in [-0.39, 0.29) is 23.3 Å². The van der Waals surface area contributed by atoms with E-state index in [0.29, 0.717) is 34.7 Å². The predicted molar refractivity (Wildman–Crippen MR) is 119 cm³/mol. The average Bonchev–Trinajstić information content (AvgIpc) is 3.15. The summed E-state index contributed by atoms with van der Waals surface area (Å²) < 4.78 is 26.3. The average molecular weight is 465 g/mol. The first-order chi connectivity index (χ1) is 14.9. The summed E-state index contributed by atoms with van der Waals surface area (Å²) in [6.45, 7) is 4.77. The molecule has 0 aliphatic carbocycles. The van der Waals surface area contributed by atoms with Crippen molar-refractivity contribution in [3.05, 3.63) is 58.6 Å². The minimum absolute atomic E-state index is 0.0500. The SMILES string of the molecule is CCn1c(COc2ccc(C)cc2OC)nnc1SCC(=O)Nc1ccc(F)c(Cl)c1. The van der Waals surface area contributed by atoms with E-state index < -0.39 is 5.82 Å². The Morgan fingerprint density at radius 3 is 2.74 bits per heavy atom. The third kappa shape index (κ3) is 5.89. The maximum Gasteiger partial charge on any atom is 0.234 e. The number of anilines is 1. The van der Waals surface area contributed by atoms with E-state index in [9.17, 15) is 9.18 Å². The van der Waals surface area contributed by atoms with Gasteiger partial charge >= 0.3 is 0 Å². The molecule has 7 nitrogen and oxygen atoms in total. The number of amides is 1. The number of thioether (sulfide) groups is 1. The molecule has 2 aromatic carbocycles. The van der Waals surface area contributed by atoms with Crippen molar-refractivity contribution >= 4 is 35.0 Å². The first kappa shape index (κ1) is 22.9. The maximum absolute atomic E-state index is 13.2. The lowest BCUT2D eigenvalue weighted by atomic mass is 10.2. The minimum atomic E-state index is -0.539. The molecule has 1 amide bonds. The Labute approximate surface area is 188 Å². The van der Waals surface area contributed by atoms with Gasteiger partial charge in [0.1, 0.15) is 12.4 Å². The van der Waals surface area contributed by atoms with Crippen LogP contribution in [0.2, 0.25) is 5.02 Å². The number of benzene rings is 2. The molecular formula is C21H22ClFN4O3S. The van der Waals surface area contributed by atoms with E-state index in [4.69, 9.17) is 21.1 Å². The van der Waals surface area contributed by atoms with Crippen LogP contribution in [0.1, 0.15) is 18.3 Å². The number of carbonyl (C=O) groups excluding carboxylic acids is 1. The van der Waals surface area contributed by atoms with Crippen LogP contribution in [0.15, 0.2) is 41.6 Å². The van der Waals surface area contributed by atoms with E-state index in [0.717, 1.165) is 5.56 Å². The van der Waals surface area contributed by atoms with Gasteiger partial charge < -0.3 is 19.4 Å². The van der Waals surface area contributed by atoms with Crippen LogP contribution in [-0.2, 0) is 17.9 Å². The second-order valence-electron chi connectivity index (χ2n) is 6.55. The molecule has 3 rings (SSSR count). The lowest BCUT2D eigenvalue weighted by molar-refractivity contribution is -0.113. The maximum atomic E-state index is 13.2. The second kappa shape index (κ2) is 10.5. The standard InChI is InChI=1S/C21H22ClFN4O3S/c1-4-27-19(11-30-17-8-5-13(2)9-18(17)29-3)25-26-21(27)31-12-20(28)24-14-6-7-16(23)15(22)10-14/h5-10H,4,11-12H2,1-3H3,(H,24,28). The number of nitrogens with zero attached hydrogens (tertiary/aromatic N) is 3. The van der Waals surface area contributed by atoms with Crippen LogP contribution in [0.25, 0.3) is 0 Å². The van der Waals surface area contributed by atoms with Gasteiger partial charge in [-0.1, -0.05) is 29.4 Å². The zero-order valence-corrected chi connectivity index (χ0v) is 18.9. The monoisotopic (exact) mass is 464 g/mol. The van der Waals surface area contributed by atoms with Crippen molar-refractivity contribution in [2.75, 3.05) is 18.2 Å². The van der Waals surface area contributed by atoms with Crippen molar-refractivity contribution in [3.8, 4) is 11.5 Å². The molecule has 0 bridgehead atoms. The van der Waals surface area contributed by atoms with Crippen LogP contribution < -0.4 is 14.8 Å². The summed E-state index contributed by atoms with van der Waals surface area (Å²) in [6.07, 6.45) is 0. The summed E-state index contributed by atoms with van der Waals surface area (Å²) in [4.78, 5) is 12.2. The number of methoxy groups -OCH3 is 1. The second-order valence-corrected chi connectivity index (χ2v) is 7.90. The fourth-order valence-electron chi connectivity index (χ4n) is 2.79. The van der Waals surface area contributed by atoms with Crippen LogP contribution in [-0.4, -0.2) is 33.5 Å². The Balaban J connectivity index is 1.60. The third-order valence-corrected chi connectivity index (χ3v) is 5.58. The summed E-state index contributed by atoms with van der Waals surface area (Å²) in [7, 11) is 1.59. The lowest BCUT2D eigenvalue weighted by Crippen LogP contribution is -2.15. The molecule has 0 saturated carbocycles. The number of ether oxygens (including phenoxy) is 2. The Hall–Kier alpha value is -2.78. The number of carbonyl (C=O) groups is 1. The van der Waals surface area contributed by atoms with Crippen LogP contribution in [0.3, 0.4) is 0 Å². The van der Waals surface area contributed by atoms with Gasteiger partial charge in [-0.3, -0.25) is 4.79 Å². The Bertz CT molecular complexity index is 1080. The van der Waals surface area contributed by atoms with Crippen LogP contribution in [0.4, 0.5) is 10.1 Å². The molecule has 3 aromatic rings. The van der Waals surface area contributed by atoms with Crippen molar-refractivity contribution < 1.29 is 18.7 Å². The zero-order valence-electron chi connectivity index (χ0n) is 17.3. The van der Waals surface area contributed by atoms with Gasteiger partial charge in [0.15, 0.2) is 22.5 Å². The molecule has 0 atom stereocenters. The quantitative estimate of drug-likeness (QED) is 0.462. The normalized spacial score (nSPS) is 10.7. The summed E-state index contributed by atoms with van der Waals surface area (Å²) in [6, 6.07) is 9.71. The van der Waals surface area contributed by atoms with Crippen LogP contribution in [0, 0.1) is 12.7 Å². The fraction of sp³-hybridized carbons (Fsp3) is 0.286. The summed E-state index contributed by atoms with van der Waals surface area (Å²) in [5.41, 5.74) is 1.50. The molecule has 1 N–H and O–H groups in total. The third-order valence-electron chi connectivity index (χ3n) is 4.32. The molecule has 1 heterocycles. The first-order valence-electron chi connectivity index (χ1n) is 9.48. The summed E-state index contributed by atoms with van der Waals surface area (Å²) >= 11 is 6.99. The first-order valence-corrected chi connectivity index (χ1v) is 10.8. The van der Waals surface area contributed by atoms with E-state index in [1.54, 1.807) is 7.11 Å². The van der Waals surface area contributed by atoms with Crippen molar-refractivity contribution in [3.63, 3.8) is 0 Å². The number of hydrogen-bond acceptors (Lipinski definition) is 6. The number of nitrogens with one attached hydrogen (secondary N) is 1. The van der Waals surface area contributed by atoms with Gasteiger partial charge in [-0.25, -0.2) is 4.39 Å². The number of hydrogen-bond donors (Lipinski definition) is 1. The topological polar surface area (TPSA) is 78.3 Å². The predicted octanol–water partition coefficient (Wildman–Crippen LogP) is 4.72. The van der Waals surface area contributed by atoms with Crippen LogP contribution in [0.5, 0.6) is 11.5 Å². The van der Waals surface area contributed by atoms with Gasteiger partial charge in [0.05, 0.1) is 17.9 Å². The molecule has 10 heteroatoms. The largest absolute Gasteiger partial charge is 0.493 e. The van der Waals surface area contributed by atoms with Crippen molar-refractivity contribution in [2.45, 2.75) is 32.2 Å². The molecule has 164 valence electrons. The van der Waals surface area contributed by atoms with Crippen LogP contribution >= 0.6 is 23.4 Å². The van der Waals surface area contributed by atoms with Gasteiger partial charge in [0.25, 0.3) is 0 Å². The zero-order chi connectivity index (χ0) is 22.4. The minimum Gasteiger partial charge on any atom is -0.493 e. The highest BCUT2D eigenvalue weighted by Crippen LogP contribution is 2.29. The van der Waals surface area contributed by atoms with E-state index in [2.05, 4.69) is 15.5 Å². The van der Waals surface area contributed by atoms with E-state index >= 15 is 0 Å². The summed E-state index contributed by atoms with van der Waals surface area (Å²) in [5, 5.41) is 11.6. The Morgan fingerprint density at radius 1 is 1.23 bits per heavy atom. The highest BCUT2D eigenvalue weighted by atomic mass is 35.5. The smallest absolute Gasteiger partial charge is 0.234 e. The molecule has 0 aliphatic rings. The molecule has 31 heavy (non-hydrogen) atoms. The van der Waals surface area contributed by atoms with Crippen molar-refractivity contribution in [1.82, 2.24) is 14.8 Å². The van der Waals surface area contributed by atoms with E-state index in [1.807, 2.05) is 36.6 Å². The Morgan fingerprint density at radius 2 is 2.03 bits per heavy atom.